The Kier molecular flexibility index (Phi) is 6.65. The minimum atomic E-state index is -0.288. The summed E-state index contributed by atoms with van der Waals surface area (Å²) >= 11 is 0. The van der Waals surface area contributed by atoms with Gasteiger partial charge in [0.25, 0.3) is 5.91 Å². The van der Waals surface area contributed by atoms with Gasteiger partial charge in [0, 0.05) is 12.1 Å². The first-order valence-electron chi connectivity index (χ1n) is 7.88. The van der Waals surface area contributed by atoms with E-state index >= 15 is 0 Å². The summed E-state index contributed by atoms with van der Waals surface area (Å²) in [4.78, 5) is 18.9. The van der Waals surface area contributed by atoms with Crippen LogP contribution < -0.4 is 5.32 Å². The summed E-state index contributed by atoms with van der Waals surface area (Å²) < 4.78 is 13.5. The highest BCUT2D eigenvalue weighted by molar-refractivity contribution is 5.95. The summed E-state index contributed by atoms with van der Waals surface area (Å²) in [6, 6.07) is 13.3. The van der Waals surface area contributed by atoms with E-state index in [1.807, 2.05) is 25.1 Å². The fourth-order valence-corrected chi connectivity index (χ4v) is 2.44. The van der Waals surface area contributed by atoms with E-state index in [9.17, 15) is 9.18 Å². The maximum atomic E-state index is 13.5. The fourth-order valence-electron chi connectivity index (χ4n) is 2.44. The van der Waals surface area contributed by atoms with E-state index in [1.54, 1.807) is 36.5 Å². The molecule has 0 aliphatic heterocycles. The average Bonchev–Trinajstić information content (AvgIpc) is 2.60. The zero-order chi connectivity index (χ0) is 18.2. The Morgan fingerprint density at radius 2 is 2.00 bits per heavy atom. The summed E-state index contributed by atoms with van der Waals surface area (Å²) in [5.41, 5.74) is 2.20. The van der Waals surface area contributed by atoms with Gasteiger partial charge in [-0.25, -0.2) is 4.39 Å². The lowest BCUT2D eigenvalue weighted by atomic mass is 10.1. The Morgan fingerprint density at radius 1 is 1.28 bits per heavy atom. The maximum Gasteiger partial charge on any atom is 0.251 e. The molecule has 25 heavy (non-hydrogen) atoms. The maximum absolute atomic E-state index is 13.5. The van der Waals surface area contributed by atoms with E-state index < -0.39 is 0 Å². The highest BCUT2D eigenvalue weighted by Gasteiger charge is 2.16. The monoisotopic (exact) mass is 343 g/mol. The number of hydrogen-bond acceptors (Lipinski definition) is 4. The number of benzene rings is 2. The lowest BCUT2D eigenvalue weighted by molar-refractivity contribution is 0.0942. The Hall–Kier alpha value is -2.73. The predicted molar refractivity (Wildman–Crippen MR) is 96.2 cm³/mol. The number of amides is 1. The van der Waals surface area contributed by atoms with Gasteiger partial charge in [-0.05, 0) is 49.5 Å². The van der Waals surface area contributed by atoms with Crippen molar-refractivity contribution in [3.8, 4) is 0 Å². The smallest absolute Gasteiger partial charge is 0.251 e. The molecular weight excluding hydrogens is 321 g/mol. The van der Waals surface area contributed by atoms with Gasteiger partial charge >= 0.3 is 0 Å². The van der Waals surface area contributed by atoms with Crippen molar-refractivity contribution < 1.29 is 14.0 Å². The topological polar surface area (TPSA) is 53.9 Å². The van der Waals surface area contributed by atoms with Crippen LogP contribution in [0.4, 0.5) is 4.39 Å². The first-order valence-corrected chi connectivity index (χ1v) is 7.88. The molecule has 0 fully saturated rings. The molecule has 1 unspecified atom stereocenters. The molecule has 1 amide bonds. The normalized spacial score (nSPS) is 12.4. The van der Waals surface area contributed by atoms with Crippen LogP contribution in [0.25, 0.3) is 0 Å². The summed E-state index contributed by atoms with van der Waals surface area (Å²) in [7, 11) is 5.26. The molecule has 5 nitrogen and oxygen atoms in total. The molecule has 2 rings (SSSR count). The number of likely N-dealkylation sites (N-methyl/N-ethyl adjacent to an activating group) is 1. The highest BCUT2D eigenvalue weighted by Crippen LogP contribution is 2.18. The minimum Gasteiger partial charge on any atom is -0.399 e. The van der Waals surface area contributed by atoms with Gasteiger partial charge in [0.05, 0.1) is 12.3 Å². The summed E-state index contributed by atoms with van der Waals surface area (Å²) in [5, 5.41) is 6.57. The first kappa shape index (κ1) is 18.6. The van der Waals surface area contributed by atoms with E-state index in [2.05, 4.69) is 15.3 Å². The van der Waals surface area contributed by atoms with Gasteiger partial charge in [0.15, 0.2) is 0 Å². The largest absolute Gasteiger partial charge is 0.399 e. The second-order valence-electron chi connectivity index (χ2n) is 5.78. The molecule has 0 spiro atoms. The van der Waals surface area contributed by atoms with Crippen LogP contribution in [0, 0.1) is 5.82 Å². The number of hydrogen-bond donors (Lipinski definition) is 1. The lowest BCUT2D eigenvalue weighted by Gasteiger charge is -2.25. The van der Waals surface area contributed by atoms with Crippen LogP contribution in [-0.4, -0.2) is 44.8 Å². The van der Waals surface area contributed by atoms with Crippen LogP contribution in [0.5, 0.6) is 0 Å². The van der Waals surface area contributed by atoms with Crippen molar-refractivity contribution in [1.82, 2.24) is 10.2 Å². The lowest BCUT2D eigenvalue weighted by Crippen LogP contribution is -2.34. The zero-order valence-corrected chi connectivity index (χ0v) is 14.6. The molecular formula is C19H22FN3O2. The van der Waals surface area contributed by atoms with Crippen LogP contribution in [0.3, 0.4) is 0 Å². The molecule has 0 saturated heterocycles. The number of oxime groups is 1. The average molecular weight is 343 g/mol. The molecule has 0 heterocycles. The van der Waals surface area contributed by atoms with Gasteiger partial charge < -0.3 is 15.1 Å². The molecule has 0 radical (unpaired) electrons. The van der Waals surface area contributed by atoms with Crippen molar-refractivity contribution in [2.45, 2.75) is 6.04 Å². The zero-order valence-electron chi connectivity index (χ0n) is 14.6. The molecule has 2 aromatic rings. The third kappa shape index (κ3) is 5.39. The number of nitrogens with zero attached hydrogens (tertiary/aromatic N) is 2. The van der Waals surface area contributed by atoms with E-state index in [1.165, 1.54) is 19.2 Å². The molecule has 132 valence electrons. The number of rotatable bonds is 7. The van der Waals surface area contributed by atoms with Crippen molar-refractivity contribution in [1.29, 1.82) is 0 Å². The number of carbonyl (C=O) groups excluding carboxylic acids is 1. The SMILES string of the molecule is CO/N=C/c1ccc(C(=O)NCC(c2cccc(F)c2)N(C)C)cc1. The molecule has 6 heteroatoms. The minimum absolute atomic E-state index is 0.118. The van der Waals surface area contributed by atoms with Gasteiger partial charge in [0.2, 0.25) is 0 Å². The predicted octanol–water partition coefficient (Wildman–Crippen LogP) is 2.84. The molecule has 0 aromatic heterocycles. The molecule has 0 aliphatic carbocycles. The van der Waals surface area contributed by atoms with Crippen LogP contribution in [0.2, 0.25) is 0 Å². The summed E-state index contributed by atoms with van der Waals surface area (Å²) in [6.45, 7) is 0.377. The quantitative estimate of drug-likeness (QED) is 0.621. The van der Waals surface area contributed by atoms with E-state index in [0.717, 1.165) is 11.1 Å². The van der Waals surface area contributed by atoms with Crippen molar-refractivity contribution in [3.63, 3.8) is 0 Å². The van der Waals surface area contributed by atoms with Crippen molar-refractivity contribution >= 4 is 12.1 Å². The summed E-state index contributed by atoms with van der Waals surface area (Å²) in [6.07, 6.45) is 1.56. The second kappa shape index (κ2) is 8.94. The third-order valence-electron chi connectivity index (χ3n) is 3.79. The second-order valence-corrected chi connectivity index (χ2v) is 5.78. The van der Waals surface area contributed by atoms with E-state index in [-0.39, 0.29) is 17.8 Å². The van der Waals surface area contributed by atoms with Gasteiger partial charge in [0.1, 0.15) is 12.9 Å². The van der Waals surface area contributed by atoms with Gasteiger partial charge in [-0.3, -0.25) is 4.79 Å². The van der Waals surface area contributed by atoms with Crippen LogP contribution in [0.1, 0.15) is 27.5 Å². The summed E-state index contributed by atoms with van der Waals surface area (Å²) in [5.74, 6) is -0.470. The van der Waals surface area contributed by atoms with E-state index in [4.69, 9.17) is 0 Å². The third-order valence-corrected chi connectivity index (χ3v) is 3.79. The number of carbonyl (C=O) groups is 1. The van der Waals surface area contributed by atoms with Gasteiger partial charge in [-0.2, -0.15) is 0 Å². The number of nitrogens with one attached hydrogen (secondary N) is 1. The number of halogens is 1. The van der Waals surface area contributed by atoms with Crippen molar-refractivity contribution in [2.75, 3.05) is 27.7 Å². The molecule has 0 saturated carbocycles. The van der Waals surface area contributed by atoms with Crippen LogP contribution >= 0.6 is 0 Å². The highest BCUT2D eigenvalue weighted by atomic mass is 19.1. The first-order chi connectivity index (χ1) is 12.0. The molecule has 0 aliphatic rings. The van der Waals surface area contributed by atoms with Gasteiger partial charge in [-0.1, -0.05) is 29.4 Å². The standard InChI is InChI=1S/C19H22FN3O2/c1-23(2)18(16-5-4-6-17(20)11-16)13-21-19(24)15-9-7-14(8-10-15)12-22-25-3/h4-12,18H,13H2,1-3H3,(H,21,24)/b22-12+. The molecule has 1 atom stereocenters. The van der Waals surface area contributed by atoms with Crippen LogP contribution in [0.15, 0.2) is 53.7 Å². The molecule has 1 N–H and O–H groups in total. The Morgan fingerprint density at radius 3 is 2.60 bits per heavy atom. The molecule has 2 aromatic carbocycles. The Balaban J connectivity index is 2.02. The van der Waals surface area contributed by atoms with E-state index in [0.29, 0.717) is 12.1 Å². The van der Waals surface area contributed by atoms with Gasteiger partial charge in [-0.15, -0.1) is 0 Å². The molecule has 0 bridgehead atoms. The fraction of sp³-hybridized carbons (Fsp3) is 0.263. The van der Waals surface area contributed by atoms with Crippen molar-refractivity contribution in [2.24, 2.45) is 5.16 Å². The Bertz CT molecular complexity index is 730. The van der Waals surface area contributed by atoms with Crippen molar-refractivity contribution in [3.05, 3.63) is 71.0 Å². The van der Waals surface area contributed by atoms with Crippen LogP contribution in [-0.2, 0) is 4.84 Å². The Labute approximate surface area is 147 Å².